The summed E-state index contributed by atoms with van der Waals surface area (Å²) in [6.07, 6.45) is 25.9. The summed E-state index contributed by atoms with van der Waals surface area (Å²) in [4.78, 5) is 14.6. The van der Waals surface area contributed by atoms with Crippen molar-refractivity contribution in [2.75, 3.05) is 0 Å². The second kappa shape index (κ2) is 8.77. The topological polar surface area (TPSA) is 29.1 Å². The molecule has 2 heterocycles. The lowest BCUT2D eigenvalue weighted by atomic mass is 9.74. The van der Waals surface area contributed by atoms with Crippen LogP contribution < -0.4 is 5.32 Å². The van der Waals surface area contributed by atoms with E-state index in [0.717, 1.165) is 35.8 Å². The van der Waals surface area contributed by atoms with Crippen molar-refractivity contribution in [1.29, 1.82) is 0 Å². The number of fused-ring (bicyclic) bond motifs is 3. The van der Waals surface area contributed by atoms with Gasteiger partial charge in [-0.3, -0.25) is 4.79 Å². The van der Waals surface area contributed by atoms with Crippen molar-refractivity contribution in [1.82, 2.24) is 5.32 Å². The minimum absolute atomic E-state index is 0.108. The molecule has 3 heteroatoms. The normalized spacial score (nSPS) is 27.1. The third-order valence-corrected chi connectivity index (χ3v) is 7.90. The molecule has 1 saturated heterocycles. The maximum absolute atomic E-state index is 13.5. The minimum atomic E-state index is -0.174. The Labute approximate surface area is 183 Å². The predicted octanol–water partition coefficient (Wildman–Crippen LogP) is 6.74. The van der Waals surface area contributed by atoms with Crippen LogP contribution in [0.25, 0.3) is 0 Å². The Morgan fingerprint density at radius 1 is 0.933 bits per heavy atom. The summed E-state index contributed by atoms with van der Waals surface area (Å²) in [5.74, 6) is 0.784. The summed E-state index contributed by atoms with van der Waals surface area (Å²) in [5, 5.41) is 5.33. The predicted molar refractivity (Wildman–Crippen MR) is 125 cm³/mol. The Balaban J connectivity index is 1.55. The first-order valence-electron chi connectivity index (χ1n) is 11.3. The van der Waals surface area contributed by atoms with E-state index in [2.05, 4.69) is 65.4 Å². The molecule has 1 aliphatic heterocycles. The van der Waals surface area contributed by atoms with Crippen molar-refractivity contribution in [3.63, 3.8) is 0 Å². The highest BCUT2D eigenvalue weighted by Crippen LogP contribution is 2.44. The molecule has 1 aromatic rings. The van der Waals surface area contributed by atoms with Crippen LogP contribution in [0.3, 0.4) is 0 Å². The highest BCUT2D eigenvalue weighted by molar-refractivity contribution is 7.10. The Morgan fingerprint density at radius 2 is 1.77 bits per heavy atom. The Hall–Kier alpha value is -2.39. The summed E-state index contributed by atoms with van der Waals surface area (Å²) >= 11 is 1.70. The number of nitrogens with one attached hydrogen (secondary N) is 1. The van der Waals surface area contributed by atoms with Gasteiger partial charge in [-0.15, -0.1) is 11.3 Å². The number of rotatable bonds is 3. The van der Waals surface area contributed by atoms with E-state index in [1.165, 1.54) is 42.4 Å². The molecule has 1 saturated carbocycles. The van der Waals surface area contributed by atoms with E-state index in [-0.39, 0.29) is 17.7 Å². The molecule has 2 nitrogen and oxygen atoms in total. The first-order chi connectivity index (χ1) is 14.8. The fraction of sp³-hybridized carbons (Fsp3) is 0.370. The van der Waals surface area contributed by atoms with E-state index in [4.69, 9.17) is 0 Å². The number of hydrogen-bond donors (Lipinski definition) is 1. The molecule has 1 aromatic heterocycles. The second-order valence-corrected chi connectivity index (χ2v) is 9.75. The number of hydrogen-bond acceptors (Lipinski definition) is 2. The summed E-state index contributed by atoms with van der Waals surface area (Å²) in [6.45, 7) is 0. The van der Waals surface area contributed by atoms with Crippen LogP contribution in [0.2, 0.25) is 0 Å². The molecule has 0 radical (unpaired) electrons. The van der Waals surface area contributed by atoms with Gasteiger partial charge in [-0.2, -0.15) is 0 Å². The van der Waals surface area contributed by atoms with Crippen LogP contribution in [-0.4, -0.2) is 5.91 Å². The lowest BCUT2D eigenvalue weighted by Crippen LogP contribution is -2.36. The van der Waals surface area contributed by atoms with Gasteiger partial charge in [-0.05, 0) is 61.1 Å². The summed E-state index contributed by atoms with van der Waals surface area (Å²) < 4.78 is 0. The molecule has 154 valence electrons. The van der Waals surface area contributed by atoms with Gasteiger partial charge in [0.2, 0.25) is 5.91 Å². The quantitative estimate of drug-likeness (QED) is 0.582. The third kappa shape index (κ3) is 3.96. The van der Waals surface area contributed by atoms with Gasteiger partial charge < -0.3 is 5.32 Å². The van der Waals surface area contributed by atoms with Gasteiger partial charge in [0.05, 0.1) is 5.92 Å². The van der Waals surface area contributed by atoms with Crippen LogP contribution in [0.4, 0.5) is 0 Å². The fourth-order valence-electron chi connectivity index (χ4n) is 5.42. The molecule has 1 amide bonds. The average Bonchev–Trinajstić information content (AvgIpc) is 3.40. The molecule has 2 fully saturated rings. The first kappa shape index (κ1) is 19.6. The molecule has 2 atom stereocenters. The average molecular weight is 416 g/mol. The van der Waals surface area contributed by atoms with Crippen LogP contribution in [-0.2, 0) is 4.79 Å². The summed E-state index contributed by atoms with van der Waals surface area (Å²) in [6, 6.07) is 4.19. The van der Waals surface area contributed by atoms with Crippen molar-refractivity contribution >= 4 is 17.2 Å². The number of carbonyl (C=O) groups excluding carboxylic acids is 1. The maximum Gasteiger partial charge on any atom is 0.233 e. The van der Waals surface area contributed by atoms with E-state index in [1.807, 2.05) is 6.08 Å². The zero-order valence-electron chi connectivity index (χ0n) is 17.3. The van der Waals surface area contributed by atoms with Crippen molar-refractivity contribution < 1.29 is 4.79 Å². The number of thiophene rings is 1. The summed E-state index contributed by atoms with van der Waals surface area (Å²) in [7, 11) is 0. The summed E-state index contributed by atoms with van der Waals surface area (Å²) in [5.41, 5.74) is 5.27. The highest BCUT2D eigenvalue weighted by atomic mass is 32.1. The zero-order chi connectivity index (χ0) is 20.3. The van der Waals surface area contributed by atoms with E-state index >= 15 is 0 Å². The smallest absolute Gasteiger partial charge is 0.233 e. The molecule has 4 aliphatic rings. The van der Waals surface area contributed by atoms with Crippen molar-refractivity contribution in [3.8, 4) is 0 Å². The first-order valence-corrected chi connectivity index (χ1v) is 12.2. The Bertz CT molecular complexity index is 980. The van der Waals surface area contributed by atoms with Gasteiger partial charge in [0.25, 0.3) is 0 Å². The molecule has 30 heavy (non-hydrogen) atoms. The highest BCUT2D eigenvalue weighted by Gasteiger charge is 2.37. The van der Waals surface area contributed by atoms with Gasteiger partial charge in [0, 0.05) is 16.5 Å². The minimum Gasteiger partial charge on any atom is -0.329 e. The Kier molecular flexibility index (Phi) is 5.72. The van der Waals surface area contributed by atoms with Crippen LogP contribution in [0, 0.1) is 11.8 Å². The van der Waals surface area contributed by atoms with Crippen molar-refractivity contribution in [2.45, 2.75) is 50.9 Å². The molecular weight excluding hydrogens is 386 g/mol. The van der Waals surface area contributed by atoms with Crippen LogP contribution >= 0.6 is 11.3 Å². The van der Waals surface area contributed by atoms with Crippen LogP contribution in [0.15, 0.2) is 88.5 Å². The Morgan fingerprint density at radius 3 is 2.60 bits per heavy atom. The monoisotopic (exact) mass is 415 g/mol. The molecule has 0 spiro atoms. The van der Waals surface area contributed by atoms with E-state index in [9.17, 15) is 4.79 Å². The molecule has 3 aliphatic carbocycles. The van der Waals surface area contributed by atoms with Crippen LogP contribution in [0.1, 0.15) is 55.7 Å². The number of carbonyl (C=O) groups is 1. The molecule has 2 bridgehead atoms. The third-order valence-electron chi connectivity index (χ3n) is 6.95. The fourth-order valence-corrected chi connectivity index (χ4v) is 6.28. The second-order valence-electron chi connectivity index (χ2n) is 8.77. The molecule has 5 rings (SSSR count). The standard InChI is InChI=1S/C27H29NOS/c29-27-26(24-13-6-18-30-24)25(21-9-3-4-12-23(28-27)17-16-21)22-11-5-10-20(14-15-22)19-7-1-2-8-19/h3-6,9-14,18-19,25-26H,1-2,7-8,15-17H2,(H,28,29). The van der Waals surface area contributed by atoms with Crippen LogP contribution in [0.5, 0.6) is 0 Å². The number of allylic oxidation sites excluding steroid dienone is 12. The molecule has 1 N–H and O–H groups in total. The van der Waals surface area contributed by atoms with E-state index in [1.54, 1.807) is 11.3 Å². The largest absolute Gasteiger partial charge is 0.329 e. The number of amides is 1. The lowest BCUT2D eigenvalue weighted by Gasteiger charge is -2.33. The molecule has 2 unspecified atom stereocenters. The molecular formula is C27H29NOS. The lowest BCUT2D eigenvalue weighted by molar-refractivity contribution is -0.122. The van der Waals surface area contributed by atoms with Crippen molar-refractivity contribution in [3.05, 3.63) is 93.4 Å². The maximum atomic E-state index is 13.5. The molecule has 0 aromatic carbocycles. The van der Waals surface area contributed by atoms with Gasteiger partial charge >= 0.3 is 0 Å². The van der Waals surface area contributed by atoms with E-state index < -0.39 is 0 Å². The van der Waals surface area contributed by atoms with Gasteiger partial charge in [0.15, 0.2) is 0 Å². The SMILES string of the molecule is O=C1NC2=CC=CC=C(CC2)C(C2=CC=CC(C3CCCC3)=CC2)C1c1cccs1. The van der Waals surface area contributed by atoms with Gasteiger partial charge in [0.1, 0.15) is 0 Å². The van der Waals surface area contributed by atoms with Crippen molar-refractivity contribution in [2.24, 2.45) is 11.8 Å². The zero-order valence-corrected chi connectivity index (χ0v) is 18.2. The van der Waals surface area contributed by atoms with E-state index in [0.29, 0.717) is 0 Å². The van der Waals surface area contributed by atoms with Gasteiger partial charge in [-0.1, -0.05) is 72.6 Å². The van der Waals surface area contributed by atoms with Gasteiger partial charge in [-0.25, -0.2) is 0 Å².